The zero-order valence-corrected chi connectivity index (χ0v) is 9.37. The molecule has 1 aromatic rings. The molecule has 1 aromatic heterocycles. The third-order valence-corrected chi connectivity index (χ3v) is 2.06. The summed E-state index contributed by atoms with van der Waals surface area (Å²) in [7, 11) is -0.0104. The second-order valence-corrected chi connectivity index (χ2v) is 8.06. The minimum absolute atomic E-state index is 0.503. The lowest BCUT2D eigenvalue weighted by atomic mass is 10.5. The van der Waals surface area contributed by atoms with Gasteiger partial charge in [-0.2, -0.15) is 0 Å². The molecular weight excluding hydrogens is 184 g/mol. The molecular formula is C8H14N2O2Si. The first kappa shape index (κ1) is 9.98. The standard InChI is InChI=1S/C8H14N2O2Si/c1-11-7-5-6-8(10-9-7)12-13(2,3)4/h5-6H,1-4H3. The van der Waals surface area contributed by atoms with E-state index in [0.717, 1.165) is 0 Å². The van der Waals surface area contributed by atoms with Crippen LogP contribution in [0.4, 0.5) is 0 Å². The second kappa shape index (κ2) is 3.74. The van der Waals surface area contributed by atoms with Gasteiger partial charge in [-0.3, -0.25) is 0 Å². The van der Waals surface area contributed by atoms with Crippen molar-refractivity contribution < 1.29 is 9.16 Å². The Bertz CT molecular complexity index is 268. The highest BCUT2D eigenvalue weighted by atomic mass is 28.4. The first-order chi connectivity index (χ1) is 6.01. The summed E-state index contributed by atoms with van der Waals surface area (Å²) < 4.78 is 10.5. The fourth-order valence-electron chi connectivity index (χ4n) is 0.785. The lowest BCUT2D eigenvalue weighted by Gasteiger charge is -2.17. The van der Waals surface area contributed by atoms with E-state index in [1.165, 1.54) is 0 Å². The van der Waals surface area contributed by atoms with Gasteiger partial charge in [0.1, 0.15) is 0 Å². The van der Waals surface area contributed by atoms with Crippen LogP contribution in [0.25, 0.3) is 0 Å². The van der Waals surface area contributed by atoms with Gasteiger partial charge in [0.2, 0.25) is 20.1 Å². The average molecular weight is 198 g/mol. The molecule has 0 spiro atoms. The number of methoxy groups -OCH3 is 1. The fourth-order valence-corrected chi connectivity index (χ4v) is 1.52. The maximum absolute atomic E-state index is 5.61. The smallest absolute Gasteiger partial charge is 0.244 e. The Morgan fingerprint density at radius 1 is 1.08 bits per heavy atom. The first-order valence-corrected chi connectivity index (χ1v) is 7.49. The minimum atomic E-state index is -1.57. The maximum Gasteiger partial charge on any atom is 0.244 e. The number of nitrogens with zero attached hydrogens (tertiary/aromatic N) is 2. The molecule has 5 heteroatoms. The van der Waals surface area contributed by atoms with Crippen LogP contribution in [0.1, 0.15) is 0 Å². The zero-order valence-electron chi connectivity index (χ0n) is 8.37. The Morgan fingerprint density at radius 3 is 2.00 bits per heavy atom. The highest BCUT2D eigenvalue weighted by Crippen LogP contribution is 2.13. The van der Waals surface area contributed by atoms with E-state index in [1.54, 1.807) is 19.2 Å². The normalized spacial score (nSPS) is 11.1. The predicted octanol–water partition coefficient (Wildman–Crippen LogP) is 1.70. The van der Waals surface area contributed by atoms with Gasteiger partial charge in [-0.25, -0.2) is 0 Å². The summed E-state index contributed by atoms with van der Waals surface area (Å²) in [6, 6.07) is 3.51. The lowest BCUT2D eigenvalue weighted by Crippen LogP contribution is -2.29. The van der Waals surface area contributed by atoms with Crippen LogP contribution in [0, 0.1) is 0 Å². The summed E-state index contributed by atoms with van der Waals surface area (Å²) in [4.78, 5) is 0. The molecule has 13 heavy (non-hydrogen) atoms. The summed E-state index contributed by atoms with van der Waals surface area (Å²) in [5.41, 5.74) is 0. The quantitative estimate of drug-likeness (QED) is 0.693. The number of ether oxygens (including phenoxy) is 1. The van der Waals surface area contributed by atoms with Crippen LogP contribution in [-0.2, 0) is 0 Å². The van der Waals surface area contributed by atoms with Crippen molar-refractivity contribution in [1.29, 1.82) is 0 Å². The third-order valence-electron chi connectivity index (χ3n) is 1.24. The van der Waals surface area contributed by atoms with Gasteiger partial charge < -0.3 is 9.16 Å². The summed E-state index contributed by atoms with van der Waals surface area (Å²) in [6.45, 7) is 6.29. The van der Waals surface area contributed by atoms with Gasteiger partial charge in [0.05, 0.1) is 7.11 Å². The Morgan fingerprint density at radius 2 is 1.62 bits per heavy atom. The lowest BCUT2D eigenvalue weighted by molar-refractivity contribution is 0.387. The average Bonchev–Trinajstić information content (AvgIpc) is 2.03. The summed E-state index contributed by atoms with van der Waals surface area (Å²) in [6.07, 6.45) is 0. The van der Waals surface area contributed by atoms with Crippen LogP contribution in [0.15, 0.2) is 12.1 Å². The topological polar surface area (TPSA) is 44.2 Å². The van der Waals surface area contributed by atoms with Gasteiger partial charge in [0.15, 0.2) is 0 Å². The van der Waals surface area contributed by atoms with Crippen molar-refractivity contribution >= 4 is 8.32 Å². The molecule has 0 saturated carbocycles. The number of hydrogen-bond acceptors (Lipinski definition) is 4. The van der Waals surface area contributed by atoms with Gasteiger partial charge in [-0.05, 0) is 19.6 Å². The number of hydrogen-bond donors (Lipinski definition) is 0. The van der Waals surface area contributed by atoms with Crippen molar-refractivity contribution in [2.24, 2.45) is 0 Å². The van der Waals surface area contributed by atoms with Crippen LogP contribution in [0.3, 0.4) is 0 Å². The molecule has 0 atom stereocenters. The highest BCUT2D eigenvalue weighted by Gasteiger charge is 2.16. The van der Waals surface area contributed by atoms with Crippen LogP contribution in [0.5, 0.6) is 11.8 Å². The van der Waals surface area contributed by atoms with E-state index in [4.69, 9.17) is 9.16 Å². The van der Waals surface area contributed by atoms with Crippen LogP contribution < -0.4 is 9.16 Å². The fraction of sp³-hybridized carbons (Fsp3) is 0.500. The minimum Gasteiger partial charge on any atom is -0.530 e. The van der Waals surface area contributed by atoms with Crippen molar-refractivity contribution in [2.75, 3.05) is 7.11 Å². The van der Waals surface area contributed by atoms with Crippen molar-refractivity contribution in [3.63, 3.8) is 0 Å². The Labute approximate surface area is 79.0 Å². The molecule has 0 amide bonds. The molecule has 4 nitrogen and oxygen atoms in total. The van der Waals surface area contributed by atoms with Gasteiger partial charge in [0.25, 0.3) is 0 Å². The molecule has 0 aliphatic heterocycles. The zero-order chi connectivity index (χ0) is 9.90. The van der Waals surface area contributed by atoms with Gasteiger partial charge in [-0.1, -0.05) is 0 Å². The van der Waals surface area contributed by atoms with E-state index < -0.39 is 8.32 Å². The molecule has 0 radical (unpaired) electrons. The van der Waals surface area contributed by atoms with Crippen molar-refractivity contribution in [3.8, 4) is 11.8 Å². The van der Waals surface area contributed by atoms with Crippen molar-refractivity contribution in [3.05, 3.63) is 12.1 Å². The summed E-state index contributed by atoms with van der Waals surface area (Å²) in [5, 5.41) is 7.68. The van der Waals surface area contributed by atoms with Crippen molar-refractivity contribution in [1.82, 2.24) is 10.2 Å². The molecule has 0 bridgehead atoms. The second-order valence-electron chi connectivity index (χ2n) is 3.63. The Hall–Kier alpha value is -1.10. The molecule has 1 heterocycles. The summed E-state index contributed by atoms with van der Waals surface area (Å²) >= 11 is 0. The van der Waals surface area contributed by atoms with E-state index in [2.05, 4.69) is 29.8 Å². The van der Waals surface area contributed by atoms with E-state index in [9.17, 15) is 0 Å². The van der Waals surface area contributed by atoms with E-state index >= 15 is 0 Å². The van der Waals surface area contributed by atoms with Crippen LogP contribution in [0.2, 0.25) is 19.6 Å². The number of aromatic nitrogens is 2. The molecule has 72 valence electrons. The Balaban J connectivity index is 2.70. The molecule has 0 N–H and O–H groups in total. The van der Waals surface area contributed by atoms with E-state index in [-0.39, 0.29) is 0 Å². The van der Waals surface area contributed by atoms with Gasteiger partial charge in [-0.15, -0.1) is 10.2 Å². The maximum atomic E-state index is 5.61. The SMILES string of the molecule is COc1ccc(O[Si](C)(C)C)nn1. The molecule has 0 unspecified atom stereocenters. The molecule has 0 fully saturated rings. The van der Waals surface area contributed by atoms with Crippen LogP contribution >= 0.6 is 0 Å². The molecule has 0 aliphatic carbocycles. The molecule has 1 rings (SSSR count). The third kappa shape index (κ3) is 3.41. The molecule has 0 aromatic carbocycles. The van der Waals surface area contributed by atoms with Gasteiger partial charge >= 0.3 is 0 Å². The highest BCUT2D eigenvalue weighted by molar-refractivity contribution is 6.70. The predicted molar refractivity (Wildman–Crippen MR) is 52.6 cm³/mol. The summed E-state index contributed by atoms with van der Waals surface area (Å²) in [5.74, 6) is 1.07. The number of rotatable bonds is 3. The monoisotopic (exact) mass is 198 g/mol. The largest absolute Gasteiger partial charge is 0.530 e. The molecule has 0 saturated heterocycles. The van der Waals surface area contributed by atoms with E-state index in [0.29, 0.717) is 11.8 Å². The Kier molecular flexibility index (Phi) is 2.87. The first-order valence-electron chi connectivity index (χ1n) is 4.08. The van der Waals surface area contributed by atoms with E-state index in [1.807, 2.05) is 0 Å². The van der Waals surface area contributed by atoms with Crippen molar-refractivity contribution in [2.45, 2.75) is 19.6 Å². The molecule has 0 aliphatic rings. The van der Waals surface area contributed by atoms with Crippen LogP contribution in [-0.4, -0.2) is 25.6 Å². The van der Waals surface area contributed by atoms with Gasteiger partial charge in [0, 0.05) is 12.1 Å².